The lowest BCUT2D eigenvalue weighted by Crippen LogP contribution is -2.48. The van der Waals surface area contributed by atoms with E-state index in [9.17, 15) is 4.79 Å². The summed E-state index contributed by atoms with van der Waals surface area (Å²) in [4.78, 5) is 12.2. The van der Waals surface area contributed by atoms with Gasteiger partial charge in [0.2, 0.25) is 5.91 Å². The Morgan fingerprint density at radius 2 is 1.97 bits per heavy atom. The van der Waals surface area contributed by atoms with E-state index in [1.54, 1.807) is 6.07 Å². The van der Waals surface area contributed by atoms with Crippen LogP contribution in [-0.2, 0) is 12.0 Å². The van der Waals surface area contributed by atoms with Gasteiger partial charge in [0.15, 0.2) is 17.2 Å². The molecule has 0 spiro atoms. The van der Waals surface area contributed by atoms with Gasteiger partial charge in [-0.3, -0.25) is 4.79 Å². The molecular weight excluding hydrogens is 443 g/mol. The molecule has 2 atom stereocenters. The van der Waals surface area contributed by atoms with E-state index in [2.05, 4.69) is 5.32 Å². The van der Waals surface area contributed by atoms with Gasteiger partial charge < -0.3 is 20.5 Å². The highest BCUT2D eigenvalue weighted by molar-refractivity contribution is 6.34. The number of hydrogen-bond donors (Lipinski definition) is 2. The topological polar surface area (TPSA) is 73.6 Å². The van der Waals surface area contributed by atoms with E-state index in [1.807, 2.05) is 36.4 Å². The number of nitrogens with one attached hydrogen (secondary N) is 1. The molecule has 3 N–H and O–H groups in total. The zero-order valence-corrected chi connectivity index (χ0v) is 18.9. The molecule has 0 radical (unpaired) electrons. The minimum atomic E-state index is -0.745. The average molecular weight is 467 g/mol. The van der Waals surface area contributed by atoms with Gasteiger partial charge in [-0.15, -0.1) is 0 Å². The van der Waals surface area contributed by atoms with Crippen LogP contribution in [0, 0.1) is 5.82 Å². The third-order valence-corrected chi connectivity index (χ3v) is 6.99. The molecule has 1 amide bonds. The normalized spacial score (nSPS) is 21.5. The van der Waals surface area contributed by atoms with Crippen molar-refractivity contribution in [3.05, 3.63) is 82.1 Å². The number of carbonyl (C=O) groups excluding carboxylic acids is 1. The minimum absolute atomic E-state index is 0.00867. The van der Waals surface area contributed by atoms with Gasteiger partial charge in [0.05, 0.1) is 18.7 Å². The molecule has 7 heteroatoms. The molecule has 3 aromatic carbocycles. The fraction of sp³-hybridized carbons (Fsp3) is 0.269. The number of nitrogens with two attached hydrogens (primary N) is 1. The standard InChI is InChI=1S/C26H24ClFN2O3/c1-32-20-11-9-16(25(29)31)23(24(20)28)22-17-14-26(21-8-5-13-30-21,15-6-3-2-4-7-15)33-19(17)12-10-18(22)27/h2-4,6-7,9-12,21,30H,5,8,13-14H2,1H3,(H2,29,31)/t21-,26-/m0/s1. The molecule has 1 saturated heterocycles. The smallest absolute Gasteiger partial charge is 0.249 e. The van der Waals surface area contributed by atoms with Gasteiger partial charge >= 0.3 is 0 Å². The van der Waals surface area contributed by atoms with Crippen molar-refractivity contribution in [1.29, 1.82) is 0 Å². The van der Waals surface area contributed by atoms with Crippen LogP contribution in [0.2, 0.25) is 5.02 Å². The van der Waals surface area contributed by atoms with Crippen LogP contribution in [0.4, 0.5) is 4.39 Å². The SMILES string of the molecule is COc1ccc(C(N)=O)c(-c2c(Cl)ccc3c2C[C@](c2ccccc2)([C@@H]2CCCN2)O3)c1F. The molecule has 0 aliphatic carbocycles. The predicted molar refractivity (Wildman–Crippen MR) is 125 cm³/mol. The molecule has 2 aliphatic heterocycles. The maximum atomic E-state index is 15.6. The number of rotatable bonds is 5. The number of hydrogen-bond acceptors (Lipinski definition) is 4. The summed E-state index contributed by atoms with van der Waals surface area (Å²) in [7, 11) is 1.37. The number of carbonyl (C=O) groups is 1. The van der Waals surface area contributed by atoms with E-state index in [-0.39, 0.29) is 22.9 Å². The summed E-state index contributed by atoms with van der Waals surface area (Å²) in [6, 6.07) is 16.4. The van der Waals surface area contributed by atoms with Crippen LogP contribution in [0.15, 0.2) is 54.6 Å². The summed E-state index contributed by atoms with van der Waals surface area (Å²) < 4.78 is 27.5. The fourth-order valence-corrected chi connectivity index (χ4v) is 5.43. The third kappa shape index (κ3) is 3.45. The Bertz CT molecular complexity index is 1230. The van der Waals surface area contributed by atoms with Crippen molar-refractivity contribution in [2.24, 2.45) is 5.73 Å². The molecule has 170 valence electrons. The second-order valence-corrected chi connectivity index (χ2v) is 8.86. The predicted octanol–water partition coefficient (Wildman–Crippen LogP) is 4.84. The second-order valence-electron chi connectivity index (χ2n) is 8.45. The van der Waals surface area contributed by atoms with Crippen molar-refractivity contribution >= 4 is 17.5 Å². The summed E-state index contributed by atoms with van der Waals surface area (Å²) in [6.07, 6.45) is 2.46. The van der Waals surface area contributed by atoms with Crippen molar-refractivity contribution in [3.63, 3.8) is 0 Å². The van der Waals surface area contributed by atoms with Crippen LogP contribution in [-0.4, -0.2) is 25.6 Å². The van der Waals surface area contributed by atoms with Crippen molar-refractivity contribution < 1.29 is 18.7 Å². The zero-order valence-electron chi connectivity index (χ0n) is 18.2. The Labute approximate surface area is 196 Å². The van der Waals surface area contributed by atoms with E-state index in [0.29, 0.717) is 22.8 Å². The van der Waals surface area contributed by atoms with Gasteiger partial charge in [0, 0.05) is 28.1 Å². The first-order valence-corrected chi connectivity index (χ1v) is 11.3. The Kier molecular flexibility index (Phi) is 5.51. The molecular formula is C26H24ClFN2O3. The fourth-order valence-electron chi connectivity index (χ4n) is 5.16. The number of methoxy groups -OCH3 is 1. The lowest BCUT2D eigenvalue weighted by molar-refractivity contribution is 0.0541. The van der Waals surface area contributed by atoms with Crippen LogP contribution in [0.1, 0.15) is 34.3 Å². The summed E-state index contributed by atoms with van der Waals surface area (Å²) >= 11 is 6.65. The molecule has 0 bridgehead atoms. The van der Waals surface area contributed by atoms with Crippen molar-refractivity contribution in [1.82, 2.24) is 5.32 Å². The van der Waals surface area contributed by atoms with Crippen molar-refractivity contribution in [3.8, 4) is 22.6 Å². The first-order valence-electron chi connectivity index (χ1n) is 10.9. The third-order valence-electron chi connectivity index (χ3n) is 6.68. The van der Waals surface area contributed by atoms with Gasteiger partial charge in [-0.05, 0) is 49.2 Å². The van der Waals surface area contributed by atoms with E-state index in [4.69, 9.17) is 26.8 Å². The van der Waals surface area contributed by atoms with Gasteiger partial charge in [0.25, 0.3) is 0 Å². The number of halogens is 2. The molecule has 0 saturated carbocycles. The largest absolute Gasteiger partial charge is 0.494 e. The van der Waals surface area contributed by atoms with E-state index < -0.39 is 17.3 Å². The zero-order chi connectivity index (χ0) is 23.2. The number of fused-ring (bicyclic) bond motifs is 1. The Balaban J connectivity index is 1.74. The Morgan fingerprint density at radius 3 is 2.64 bits per heavy atom. The van der Waals surface area contributed by atoms with Gasteiger partial charge in [-0.1, -0.05) is 41.9 Å². The van der Waals surface area contributed by atoms with Crippen LogP contribution in [0.5, 0.6) is 11.5 Å². The minimum Gasteiger partial charge on any atom is -0.494 e. The van der Waals surface area contributed by atoms with Crippen LogP contribution < -0.4 is 20.5 Å². The molecule has 0 unspecified atom stereocenters. The quantitative estimate of drug-likeness (QED) is 0.564. The monoisotopic (exact) mass is 466 g/mol. The molecule has 2 aliphatic rings. The number of primary amides is 1. The highest BCUT2D eigenvalue weighted by Gasteiger charge is 2.49. The van der Waals surface area contributed by atoms with Crippen LogP contribution in [0.25, 0.3) is 11.1 Å². The van der Waals surface area contributed by atoms with E-state index in [0.717, 1.165) is 30.5 Å². The van der Waals surface area contributed by atoms with E-state index >= 15 is 4.39 Å². The summed E-state index contributed by atoms with van der Waals surface area (Å²) in [5.41, 5.74) is 7.21. The van der Waals surface area contributed by atoms with Gasteiger partial charge in [-0.25, -0.2) is 4.39 Å². The maximum absolute atomic E-state index is 15.6. The van der Waals surface area contributed by atoms with Crippen molar-refractivity contribution in [2.75, 3.05) is 13.7 Å². The Morgan fingerprint density at radius 1 is 1.18 bits per heavy atom. The molecule has 2 heterocycles. The van der Waals surface area contributed by atoms with Crippen molar-refractivity contribution in [2.45, 2.75) is 30.9 Å². The molecule has 33 heavy (non-hydrogen) atoms. The average Bonchev–Trinajstić information content (AvgIpc) is 3.49. The van der Waals surface area contributed by atoms with E-state index in [1.165, 1.54) is 19.2 Å². The summed E-state index contributed by atoms with van der Waals surface area (Å²) in [5, 5.41) is 3.89. The second kappa shape index (κ2) is 8.36. The molecule has 3 aromatic rings. The Hall–Kier alpha value is -3.09. The first kappa shape index (κ1) is 21.7. The maximum Gasteiger partial charge on any atom is 0.249 e. The number of benzene rings is 3. The molecule has 0 aromatic heterocycles. The highest BCUT2D eigenvalue weighted by Crippen LogP contribution is 2.51. The highest BCUT2D eigenvalue weighted by atomic mass is 35.5. The van der Waals surface area contributed by atoms with Gasteiger partial charge in [-0.2, -0.15) is 0 Å². The lowest BCUT2D eigenvalue weighted by Gasteiger charge is -2.35. The van der Waals surface area contributed by atoms with Crippen LogP contribution in [0.3, 0.4) is 0 Å². The number of ether oxygens (including phenoxy) is 2. The molecule has 1 fully saturated rings. The van der Waals surface area contributed by atoms with Crippen LogP contribution >= 0.6 is 11.6 Å². The summed E-state index contributed by atoms with van der Waals surface area (Å²) in [5.74, 6) is -0.801. The van der Waals surface area contributed by atoms with Gasteiger partial charge in [0.1, 0.15) is 5.75 Å². The lowest BCUT2D eigenvalue weighted by atomic mass is 9.80. The molecule has 5 rings (SSSR count). The summed E-state index contributed by atoms with van der Waals surface area (Å²) in [6.45, 7) is 0.906. The first-order chi connectivity index (χ1) is 16.0. The number of amides is 1. The molecule has 5 nitrogen and oxygen atoms in total.